The second-order valence-electron chi connectivity index (χ2n) is 6.29. The lowest BCUT2D eigenvalue weighted by Gasteiger charge is -2.45. The Morgan fingerprint density at radius 2 is 1.96 bits per heavy atom. The van der Waals surface area contributed by atoms with Gasteiger partial charge < -0.3 is 25.6 Å². The molecule has 10 heteroatoms. The fourth-order valence-electron chi connectivity index (χ4n) is 3.39. The number of aliphatic hydroxyl groups is 1. The zero-order chi connectivity index (χ0) is 20.7. The molecule has 2 aromatic rings. The maximum absolute atomic E-state index is 13.8. The van der Waals surface area contributed by atoms with Crippen molar-refractivity contribution < 1.29 is 32.9 Å². The first-order valence-corrected chi connectivity index (χ1v) is 8.76. The second kappa shape index (κ2) is 7.10. The molecule has 1 saturated heterocycles. The number of benzene rings is 2. The molecule has 6 nitrogen and oxygen atoms in total. The summed E-state index contributed by atoms with van der Waals surface area (Å²) in [5.74, 6) is -3.81. The number of fused-ring (bicyclic) bond motifs is 1. The summed E-state index contributed by atoms with van der Waals surface area (Å²) in [6.07, 6.45) is -5.25. The van der Waals surface area contributed by atoms with Crippen molar-refractivity contribution in [3.8, 4) is 5.75 Å². The van der Waals surface area contributed by atoms with Crippen LogP contribution >= 0.6 is 12.2 Å². The molecule has 28 heavy (non-hydrogen) atoms. The molecule has 0 bridgehead atoms. The van der Waals surface area contributed by atoms with Crippen LogP contribution in [0.4, 0.5) is 13.2 Å². The third-order valence-corrected chi connectivity index (χ3v) is 4.83. The molecular formula is C18H17F3N2O4S. The van der Waals surface area contributed by atoms with Crippen LogP contribution < -0.4 is 10.6 Å². The SMILES string of the molecule is CCOC(=O)[C@@H]1[C@H](c2c(O)ccc3ccccc23)NC(=S)N[C@@]1(O)C(F)(F)F. The predicted molar refractivity (Wildman–Crippen MR) is 98.4 cm³/mol. The van der Waals surface area contributed by atoms with Crippen LogP contribution in [0, 0.1) is 5.92 Å². The van der Waals surface area contributed by atoms with Gasteiger partial charge in [0.15, 0.2) is 5.11 Å². The highest BCUT2D eigenvalue weighted by atomic mass is 32.1. The Bertz CT molecular complexity index is 937. The Hall–Kier alpha value is -2.59. The molecule has 1 aliphatic heterocycles. The number of nitrogens with one attached hydrogen (secondary N) is 2. The average molecular weight is 414 g/mol. The molecule has 3 rings (SSSR count). The summed E-state index contributed by atoms with van der Waals surface area (Å²) in [6.45, 7) is 1.24. The van der Waals surface area contributed by atoms with Gasteiger partial charge in [-0.05, 0) is 36.0 Å². The minimum Gasteiger partial charge on any atom is -0.508 e. The molecule has 0 spiro atoms. The molecule has 0 unspecified atom stereocenters. The predicted octanol–water partition coefficient (Wildman–Crippen LogP) is 2.49. The molecule has 0 amide bonds. The number of ether oxygens (including phenoxy) is 1. The highest BCUT2D eigenvalue weighted by molar-refractivity contribution is 7.80. The fourth-order valence-corrected chi connectivity index (χ4v) is 3.67. The van der Waals surface area contributed by atoms with Crippen molar-refractivity contribution >= 4 is 34.1 Å². The molecular weight excluding hydrogens is 397 g/mol. The van der Waals surface area contributed by atoms with E-state index in [0.717, 1.165) is 0 Å². The normalized spacial score (nSPS) is 25.1. The van der Waals surface area contributed by atoms with Gasteiger partial charge in [0.25, 0.3) is 5.72 Å². The minimum absolute atomic E-state index is 0.00248. The van der Waals surface area contributed by atoms with Gasteiger partial charge in [0, 0.05) is 5.56 Å². The van der Waals surface area contributed by atoms with Gasteiger partial charge in [0.1, 0.15) is 11.7 Å². The number of aromatic hydroxyl groups is 1. The molecule has 3 atom stereocenters. The molecule has 0 aromatic heterocycles. The summed E-state index contributed by atoms with van der Waals surface area (Å²) >= 11 is 4.85. The number of phenols is 1. The molecule has 1 fully saturated rings. The molecule has 0 aliphatic carbocycles. The fraction of sp³-hybridized carbons (Fsp3) is 0.333. The second-order valence-corrected chi connectivity index (χ2v) is 6.70. The zero-order valence-corrected chi connectivity index (χ0v) is 15.4. The number of carbonyl (C=O) groups is 1. The molecule has 1 heterocycles. The number of esters is 1. The van der Waals surface area contributed by atoms with E-state index in [2.05, 4.69) is 5.32 Å². The van der Waals surface area contributed by atoms with Crippen molar-refractivity contribution in [2.24, 2.45) is 5.92 Å². The van der Waals surface area contributed by atoms with Gasteiger partial charge in [-0.1, -0.05) is 30.3 Å². The van der Waals surface area contributed by atoms with Crippen molar-refractivity contribution in [2.75, 3.05) is 6.61 Å². The molecule has 0 radical (unpaired) electrons. The van der Waals surface area contributed by atoms with Gasteiger partial charge in [-0.15, -0.1) is 0 Å². The smallest absolute Gasteiger partial charge is 0.437 e. The van der Waals surface area contributed by atoms with Gasteiger partial charge in [-0.25, -0.2) is 0 Å². The average Bonchev–Trinajstić information content (AvgIpc) is 2.60. The number of phenolic OH excluding ortho intramolecular Hbond substituents is 1. The Balaban J connectivity index is 2.27. The molecule has 1 aliphatic rings. The summed E-state index contributed by atoms with van der Waals surface area (Å²) in [6, 6.07) is 8.05. The topological polar surface area (TPSA) is 90.8 Å². The van der Waals surface area contributed by atoms with E-state index in [1.54, 1.807) is 35.6 Å². The summed E-state index contributed by atoms with van der Waals surface area (Å²) in [4.78, 5) is 12.5. The third kappa shape index (κ3) is 3.22. The van der Waals surface area contributed by atoms with Crippen LogP contribution in [0.3, 0.4) is 0 Å². The molecule has 150 valence electrons. The van der Waals surface area contributed by atoms with Gasteiger partial charge in [0.05, 0.1) is 12.6 Å². The lowest BCUT2D eigenvalue weighted by Crippen LogP contribution is -2.73. The first-order valence-electron chi connectivity index (χ1n) is 8.35. The van der Waals surface area contributed by atoms with E-state index < -0.39 is 34.9 Å². The number of rotatable bonds is 3. The van der Waals surface area contributed by atoms with Crippen molar-refractivity contribution in [3.63, 3.8) is 0 Å². The van der Waals surface area contributed by atoms with Crippen LogP contribution in [0.1, 0.15) is 18.5 Å². The maximum atomic E-state index is 13.8. The van der Waals surface area contributed by atoms with Crippen LogP contribution in [0.5, 0.6) is 5.75 Å². The Morgan fingerprint density at radius 3 is 2.61 bits per heavy atom. The summed E-state index contributed by atoms with van der Waals surface area (Å²) < 4.78 is 46.2. The first kappa shape index (κ1) is 20.2. The van der Waals surface area contributed by atoms with E-state index in [1.165, 1.54) is 13.0 Å². The van der Waals surface area contributed by atoms with Crippen LogP contribution in [-0.2, 0) is 9.53 Å². The van der Waals surface area contributed by atoms with Gasteiger partial charge >= 0.3 is 12.1 Å². The summed E-state index contributed by atoms with van der Waals surface area (Å²) in [7, 11) is 0. The number of thiocarbonyl (C=S) groups is 1. The number of hydrogen-bond donors (Lipinski definition) is 4. The standard InChI is InChI=1S/C18H17F3N2O4S/c1-2-27-15(25)13-14(22-16(28)23-17(13,26)18(19,20)21)12-10-6-4-3-5-9(10)7-8-11(12)24/h3-8,13-14,24,26H,2H2,1H3,(H2,22,23,28)/t13-,14-,17-/m0/s1. The van der Waals surface area contributed by atoms with Crippen molar-refractivity contribution in [3.05, 3.63) is 42.0 Å². The minimum atomic E-state index is -5.25. The van der Waals surface area contributed by atoms with Crippen LogP contribution in [-0.4, -0.2) is 39.8 Å². The van der Waals surface area contributed by atoms with Crippen LogP contribution in [0.15, 0.2) is 36.4 Å². The van der Waals surface area contributed by atoms with E-state index in [0.29, 0.717) is 10.8 Å². The van der Waals surface area contributed by atoms with Gasteiger partial charge in [0.2, 0.25) is 0 Å². The van der Waals surface area contributed by atoms with Gasteiger partial charge in [-0.2, -0.15) is 13.2 Å². The van der Waals surface area contributed by atoms with E-state index in [9.17, 15) is 28.2 Å². The van der Waals surface area contributed by atoms with Crippen LogP contribution in [0.2, 0.25) is 0 Å². The first-order chi connectivity index (χ1) is 13.1. The molecule has 0 saturated carbocycles. The van der Waals surface area contributed by atoms with E-state index in [4.69, 9.17) is 17.0 Å². The lowest BCUT2D eigenvalue weighted by molar-refractivity contribution is -0.292. The maximum Gasteiger partial charge on any atom is 0.437 e. The highest BCUT2D eigenvalue weighted by Gasteiger charge is 2.66. The highest BCUT2D eigenvalue weighted by Crippen LogP contribution is 2.46. The quantitative estimate of drug-likeness (QED) is 0.453. The summed E-state index contributed by atoms with van der Waals surface area (Å²) in [5, 5.41) is 25.8. The largest absolute Gasteiger partial charge is 0.508 e. The monoisotopic (exact) mass is 414 g/mol. The van der Waals surface area contributed by atoms with Crippen molar-refractivity contribution in [1.29, 1.82) is 0 Å². The Morgan fingerprint density at radius 1 is 1.29 bits per heavy atom. The summed E-state index contributed by atoms with van der Waals surface area (Å²) in [5.41, 5.74) is -3.68. The number of alkyl halides is 3. The van der Waals surface area contributed by atoms with Gasteiger partial charge in [-0.3, -0.25) is 4.79 Å². The number of halogens is 3. The third-order valence-electron chi connectivity index (χ3n) is 4.61. The van der Waals surface area contributed by atoms with E-state index in [1.807, 2.05) is 0 Å². The van der Waals surface area contributed by atoms with E-state index in [-0.39, 0.29) is 17.9 Å². The number of carbonyl (C=O) groups excluding carboxylic acids is 1. The van der Waals surface area contributed by atoms with E-state index >= 15 is 0 Å². The van der Waals surface area contributed by atoms with Crippen LogP contribution in [0.25, 0.3) is 10.8 Å². The zero-order valence-electron chi connectivity index (χ0n) is 14.6. The lowest BCUT2D eigenvalue weighted by atomic mass is 9.80. The van der Waals surface area contributed by atoms with Crippen molar-refractivity contribution in [1.82, 2.24) is 10.6 Å². The van der Waals surface area contributed by atoms with Crippen molar-refractivity contribution in [2.45, 2.75) is 24.9 Å². The Labute approximate surface area is 163 Å². The molecule has 2 aromatic carbocycles. The Kier molecular flexibility index (Phi) is 5.11. The molecule has 4 N–H and O–H groups in total. The number of hydrogen-bond acceptors (Lipinski definition) is 5.